The largest absolute Gasteiger partial charge is 0.748 e. The molecule has 0 bridgehead atoms. The molecule has 3 aromatic rings. The van der Waals surface area contributed by atoms with E-state index >= 15 is 0 Å². The first kappa shape index (κ1) is 43.0. The number of nitrogens with zero attached hydrogens (tertiary/aromatic N) is 2. The summed E-state index contributed by atoms with van der Waals surface area (Å²) < 4.78 is 65.6. The number of ether oxygens (including phenoxy) is 1. The fraction of sp³-hybridized carbons (Fsp3) is 0.357. The molecule has 304 valence electrons. The normalized spacial score (nSPS) is 16.7. The summed E-state index contributed by atoms with van der Waals surface area (Å²) in [6.07, 6.45) is 10.7. The predicted molar refractivity (Wildman–Crippen MR) is 221 cm³/mol. The number of allylic oxidation sites excluding steroid dienone is 6. The van der Waals surface area contributed by atoms with Crippen molar-refractivity contribution in [2.75, 3.05) is 43.9 Å². The van der Waals surface area contributed by atoms with Crippen LogP contribution in [0.2, 0.25) is 0 Å². The molecule has 0 aliphatic carbocycles. The summed E-state index contributed by atoms with van der Waals surface area (Å²) in [5, 5.41) is 11.2. The van der Waals surface area contributed by atoms with Gasteiger partial charge in [0.2, 0.25) is 21.6 Å². The number of unbranched alkanes of at least 4 members (excludes halogenated alkanes) is 1. The lowest BCUT2D eigenvalue weighted by molar-refractivity contribution is -0.438. The van der Waals surface area contributed by atoms with Gasteiger partial charge >= 0.3 is 0 Å². The van der Waals surface area contributed by atoms with E-state index in [4.69, 9.17) is 9.88 Å². The van der Waals surface area contributed by atoms with Gasteiger partial charge in [0, 0.05) is 78.3 Å². The Morgan fingerprint density at radius 3 is 2.33 bits per heavy atom. The van der Waals surface area contributed by atoms with Crippen molar-refractivity contribution in [1.29, 1.82) is 0 Å². The van der Waals surface area contributed by atoms with E-state index in [2.05, 4.69) is 35.1 Å². The van der Waals surface area contributed by atoms with Crippen LogP contribution < -0.4 is 25.4 Å². The van der Waals surface area contributed by atoms with E-state index in [0.29, 0.717) is 30.8 Å². The maximum atomic E-state index is 13.0. The lowest BCUT2D eigenvalue weighted by Crippen LogP contribution is -2.36. The number of carbonyl (C=O) groups excluding carboxylic acids is 2. The minimum atomic E-state index is -4.28. The molecular formula is C42H51N5O8S2. The summed E-state index contributed by atoms with van der Waals surface area (Å²) in [6, 6.07) is 19.6. The molecule has 2 amide bonds. The zero-order chi connectivity index (χ0) is 41.6. The zero-order valence-electron chi connectivity index (χ0n) is 32.9. The SMILES string of the molecule is COc1cccc(C(=O)NCCNC(=O)CCN2\C(=C/C=C/C=C/C3=[N+](CCCCS(=O)(=O)[O-])c4ccccc4C3(C)C)C(C)(C)c3cc(S(N)(=O)=O)ccc32)c1. The number of nitrogens with one attached hydrogen (secondary N) is 2. The molecule has 5 rings (SSSR count). The molecule has 15 heteroatoms. The van der Waals surface area contributed by atoms with Gasteiger partial charge < -0.3 is 24.8 Å². The van der Waals surface area contributed by atoms with Gasteiger partial charge in [0.05, 0.1) is 27.5 Å². The summed E-state index contributed by atoms with van der Waals surface area (Å²) >= 11 is 0. The molecule has 0 atom stereocenters. The van der Waals surface area contributed by atoms with Crippen molar-refractivity contribution in [1.82, 2.24) is 10.6 Å². The Hall–Kier alpha value is -5.09. The molecule has 0 aromatic heterocycles. The molecule has 4 N–H and O–H groups in total. The highest BCUT2D eigenvalue weighted by molar-refractivity contribution is 7.89. The highest BCUT2D eigenvalue weighted by atomic mass is 32.2. The number of amides is 2. The molecule has 0 spiro atoms. The van der Waals surface area contributed by atoms with Gasteiger partial charge in [-0.25, -0.2) is 22.0 Å². The van der Waals surface area contributed by atoms with Crippen LogP contribution in [0, 0.1) is 0 Å². The number of benzene rings is 3. The van der Waals surface area contributed by atoms with Gasteiger partial charge in [-0.15, -0.1) is 0 Å². The van der Waals surface area contributed by atoms with E-state index in [0.717, 1.165) is 33.9 Å². The highest BCUT2D eigenvalue weighted by Crippen LogP contribution is 2.48. The molecule has 57 heavy (non-hydrogen) atoms. The van der Waals surface area contributed by atoms with Crippen molar-refractivity contribution in [3.8, 4) is 5.75 Å². The van der Waals surface area contributed by atoms with Crippen LogP contribution in [0.3, 0.4) is 0 Å². The molecule has 0 fully saturated rings. The van der Waals surface area contributed by atoms with Crippen LogP contribution in [-0.2, 0) is 35.8 Å². The van der Waals surface area contributed by atoms with E-state index in [-0.39, 0.29) is 48.1 Å². The first-order chi connectivity index (χ1) is 26.8. The van der Waals surface area contributed by atoms with Crippen molar-refractivity contribution >= 4 is 49.0 Å². The summed E-state index contributed by atoms with van der Waals surface area (Å²) in [5.74, 6) is -0.328. The first-order valence-electron chi connectivity index (χ1n) is 18.7. The zero-order valence-corrected chi connectivity index (χ0v) is 34.6. The molecule has 0 saturated heterocycles. The Bertz CT molecular complexity index is 2360. The number of fused-ring (bicyclic) bond motifs is 2. The monoisotopic (exact) mass is 817 g/mol. The van der Waals surface area contributed by atoms with Gasteiger partial charge in [-0.05, 0) is 68.3 Å². The second-order valence-corrected chi connectivity index (χ2v) is 18.1. The number of anilines is 1. The Morgan fingerprint density at radius 1 is 0.877 bits per heavy atom. The van der Waals surface area contributed by atoms with E-state index in [1.54, 1.807) is 36.4 Å². The second-order valence-electron chi connectivity index (χ2n) is 15.0. The molecule has 0 unspecified atom stereocenters. The topological polar surface area (TPSA) is 191 Å². The Kier molecular flexibility index (Phi) is 13.3. The quantitative estimate of drug-likeness (QED) is 0.0746. The number of para-hydroxylation sites is 1. The third kappa shape index (κ3) is 10.3. The maximum absolute atomic E-state index is 13.0. The summed E-state index contributed by atoms with van der Waals surface area (Å²) in [5.41, 5.74) is 5.06. The number of sulfonamides is 1. The molecule has 0 saturated carbocycles. The fourth-order valence-corrected chi connectivity index (χ4v) is 8.50. The van der Waals surface area contributed by atoms with Crippen LogP contribution in [0.4, 0.5) is 11.4 Å². The van der Waals surface area contributed by atoms with Gasteiger partial charge in [0.15, 0.2) is 5.71 Å². The van der Waals surface area contributed by atoms with Crippen molar-refractivity contribution in [2.24, 2.45) is 5.14 Å². The average Bonchev–Trinajstić information content (AvgIpc) is 3.51. The van der Waals surface area contributed by atoms with Gasteiger partial charge in [-0.3, -0.25) is 9.59 Å². The Balaban J connectivity index is 1.32. The molecule has 2 aliphatic heterocycles. The number of hydrogen-bond donors (Lipinski definition) is 3. The Labute approximate surface area is 335 Å². The smallest absolute Gasteiger partial charge is 0.251 e. The van der Waals surface area contributed by atoms with Crippen molar-refractivity contribution in [3.63, 3.8) is 0 Å². The van der Waals surface area contributed by atoms with Crippen molar-refractivity contribution < 1.29 is 40.3 Å². The number of hydrogen-bond acceptors (Lipinski definition) is 9. The van der Waals surface area contributed by atoms with Crippen LogP contribution in [0.5, 0.6) is 5.75 Å². The molecule has 13 nitrogen and oxygen atoms in total. The number of nitrogens with two attached hydrogens (primary N) is 1. The maximum Gasteiger partial charge on any atom is 0.251 e. The third-order valence-electron chi connectivity index (χ3n) is 10.4. The minimum absolute atomic E-state index is 0.000794. The first-order valence-corrected chi connectivity index (χ1v) is 21.8. The number of primary sulfonamides is 1. The van der Waals surface area contributed by atoms with E-state index < -0.39 is 31.3 Å². The second kappa shape index (κ2) is 17.6. The van der Waals surface area contributed by atoms with Gasteiger partial charge in [-0.1, -0.05) is 56.3 Å². The van der Waals surface area contributed by atoms with Crippen LogP contribution >= 0.6 is 0 Å². The fourth-order valence-electron chi connectivity index (χ4n) is 7.41. The average molecular weight is 818 g/mol. The molecule has 2 heterocycles. The van der Waals surface area contributed by atoms with E-state index in [9.17, 15) is 31.0 Å². The van der Waals surface area contributed by atoms with Crippen molar-refractivity contribution in [3.05, 3.63) is 119 Å². The van der Waals surface area contributed by atoms with Crippen LogP contribution in [0.25, 0.3) is 0 Å². The number of methoxy groups -OCH3 is 1. The highest BCUT2D eigenvalue weighted by Gasteiger charge is 2.44. The Morgan fingerprint density at radius 2 is 1.61 bits per heavy atom. The van der Waals surface area contributed by atoms with Crippen LogP contribution in [0.15, 0.2) is 108 Å². The van der Waals surface area contributed by atoms with Gasteiger partial charge in [-0.2, -0.15) is 4.58 Å². The van der Waals surface area contributed by atoms with Crippen LogP contribution in [-0.4, -0.2) is 82.5 Å². The molecule has 2 aliphatic rings. The number of rotatable bonds is 17. The predicted octanol–water partition coefficient (Wildman–Crippen LogP) is 4.77. The number of carbonyl (C=O) groups is 2. The summed E-state index contributed by atoms with van der Waals surface area (Å²) in [6.45, 7) is 9.57. The van der Waals surface area contributed by atoms with E-state index in [1.165, 1.54) is 13.2 Å². The summed E-state index contributed by atoms with van der Waals surface area (Å²) in [7, 11) is -6.72. The lowest BCUT2D eigenvalue weighted by Gasteiger charge is -2.27. The molecule has 0 radical (unpaired) electrons. The summed E-state index contributed by atoms with van der Waals surface area (Å²) in [4.78, 5) is 27.6. The molecular weight excluding hydrogens is 767 g/mol. The van der Waals surface area contributed by atoms with Crippen LogP contribution in [0.1, 0.15) is 68.4 Å². The van der Waals surface area contributed by atoms with Crippen molar-refractivity contribution in [2.45, 2.75) is 62.7 Å². The minimum Gasteiger partial charge on any atom is -0.748 e. The van der Waals surface area contributed by atoms with Gasteiger partial charge in [0.25, 0.3) is 5.91 Å². The standard InChI is InChI=1S/C42H51N5O8S2/c1-41(2)33-16-9-10-17-35(33)46(25-11-12-27-56(50,51)52)37(41)18-7-6-8-19-38-42(3,4)34-29-32(57(43,53)54)20-21-36(34)47(38)26-22-39(48)44-23-24-45-40(49)30-14-13-15-31(28-30)55-5/h6-10,13-21,28-29H,11-12,22-27H2,1-5H3,(H4-,43,44,45,48,49,50,51,52,53,54). The van der Waals surface area contributed by atoms with E-state index in [1.807, 2.05) is 67.3 Å². The van der Waals surface area contributed by atoms with Gasteiger partial charge in [0.1, 0.15) is 12.3 Å². The lowest BCUT2D eigenvalue weighted by atomic mass is 9.81. The third-order valence-corrected chi connectivity index (χ3v) is 12.1. The molecule has 3 aromatic carbocycles.